The number of hydrogen-bond acceptors (Lipinski definition) is 3. The SMILES string of the molecule is Cc1nc(Cc2ccc(F)cc2Cl)nc(C)c1CC(=O)O. The van der Waals surface area contributed by atoms with Gasteiger partial charge in [-0.05, 0) is 31.5 Å². The van der Waals surface area contributed by atoms with Crippen molar-refractivity contribution in [2.75, 3.05) is 0 Å². The maximum atomic E-state index is 13.0. The Kier molecular flexibility index (Phi) is 4.53. The van der Waals surface area contributed by atoms with Crippen LogP contribution in [-0.2, 0) is 17.6 Å². The van der Waals surface area contributed by atoms with E-state index in [4.69, 9.17) is 16.7 Å². The number of aromatic nitrogens is 2. The quantitative estimate of drug-likeness (QED) is 0.942. The number of rotatable bonds is 4. The topological polar surface area (TPSA) is 63.1 Å². The van der Waals surface area contributed by atoms with Gasteiger partial charge in [0.25, 0.3) is 0 Å². The van der Waals surface area contributed by atoms with Crippen molar-refractivity contribution in [3.63, 3.8) is 0 Å². The molecule has 0 atom stereocenters. The number of carboxylic acids is 1. The van der Waals surface area contributed by atoms with E-state index in [9.17, 15) is 9.18 Å². The average Bonchev–Trinajstić information content (AvgIpc) is 2.37. The summed E-state index contributed by atoms with van der Waals surface area (Å²) in [6.07, 6.45) is 0.267. The van der Waals surface area contributed by atoms with Crippen LogP contribution in [0.4, 0.5) is 4.39 Å². The fourth-order valence-electron chi connectivity index (χ4n) is 2.13. The summed E-state index contributed by atoms with van der Waals surface area (Å²) in [5.74, 6) is -0.777. The minimum Gasteiger partial charge on any atom is -0.481 e. The Hall–Kier alpha value is -2.01. The monoisotopic (exact) mass is 308 g/mol. The second-order valence-corrected chi connectivity index (χ2v) is 5.18. The van der Waals surface area contributed by atoms with Crippen LogP contribution < -0.4 is 0 Å². The zero-order valence-corrected chi connectivity index (χ0v) is 12.4. The van der Waals surface area contributed by atoms with E-state index in [1.807, 2.05) is 0 Å². The summed E-state index contributed by atoms with van der Waals surface area (Å²) in [7, 11) is 0. The zero-order valence-electron chi connectivity index (χ0n) is 11.7. The van der Waals surface area contributed by atoms with E-state index in [2.05, 4.69) is 9.97 Å². The van der Waals surface area contributed by atoms with Gasteiger partial charge in [-0.1, -0.05) is 17.7 Å². The summed E-state index contributed by atoms with van der Waals surface area (Å²) in [5.41, 5.74) is 2.62. The molecule has 0 radical (unpaired) electrons. The molecule has 0 aliphatic rings. The van der Waals surface area contributed by atoms with Gasteiger partial charge in [-0.15, -0.1) is 0 Å². The molecule has 21 heavy (non-hydrogen) atoms. The van der Waals surface area contributed by atoms with E-state index in [0.29, 0.717) is 34.2 Å². The second-order valence-electron chi connectivity index (χ2n) is 4.77. The number of nitrogens with zero attached hydrogens (tertiary/aromatic N) is 2. The minimum atomic E-state index is -0.917. The molecule has 0 saturated heterocycles. The number of carbonyl (C=O) groups is 1. The van der Waals surface area contributed by atoms with Crippen molar-refractivity contribution < 1.29 is 14.3 Å². The number of aliphatic carboxylic acids is 1. The van der Waals surface area contributed by atoms with Crippen LogP contribution in [0.2, 0.25) is 5.02 Å². The highest BCUT2D eigenvalue weighted by molar-refractivity contribution is 6.31. The molecule has 0 amide bonds. The van der Waals surface area contributed by atoms with Gasteiger partial charge in [-0.3, -0.25) is 4.79 Å². The molecule has 6 heteroatoms. The largest absolute Gasteiger partial charge is 0.481 e. The van der Waals surface area contributed by atoms with Gasteiger partial charge in [0, 0.05) is 28.4 Å². The summed E-state index contributed by atoms with van der Waals surface area (Å²) >= 11 is 5.99. The Morgan fingerprint density at radius 3 is 2.43 bits per heavy atom. The van der Waals surface area contributed by atoms with Crippen LogP contribution in [0.25, 0.3) is 0 Å². The highest BCUT2D eigenvalue weighted by atomic mass is 35.5. The van der Waals surface area contributed by atoms with Gasteiger partial charge in [0.15, 0.2) is 0 Å². The van der Waals surface area contributed by atoms with Gasteiger partial charge in [-0.2, -0.15) is 0 Å². The normalized spacial score (nSPS) is 10.7. The van der Waals surface area contributed by atoms with E-state index in [-0.39, 0.29) is 6.42 Å². The fourth-order valence-corrected chi connectivity index (χ4v) is 2.36. The molecule has 0 fully saturated rings. The average molecular weight is 309 g/mol. The van der Waals surface area contributed by atoms with Crippen molar-refractivity contribution in [2.24, 2.45) is 0 Å². The molecular formula is C15H14ClFN2O2. The van der Waals surface area contributed by atoms with Crippen LogP contribution in [0.15, 0.2) is 18.2 Å². The van der Waals surface area contributed by atoms with Crippen LogP contribution in [-0.4, -0.2) is 21.0 Å². The van der Waals surface area contributed by atoms with Gasteiger partial charge in [0.1, 0.15) is 11.6 Å². The number of benzene rings is 1. The molecule has 0 saturated carbocycles. The number of halogens is 2. The van der Waals surface area contributed by atoms with Crippen molar-refractivity contribution in [2.45, 2.75) is 26.7 Å². The lowest BCUT2D eigenvalue weighted by atomic mass is 10.1. The Balaban J connectivity index is 2.31. The molecular weight excluding hydrogens is 295 g/mol. The molecule has 4 nitrogen and oxygen atoms in total. The lowest BCUT2D eigenvalue weighted by Crippen LogP contribution is -2.10. The molecule has 0 unspecified atom stereocenters. The molecule has 1 aromatic heterocycles. The van der Waals surface area contributed by atoms with Gasteiger partial charge < -0.3 is 5.11 Å². The van der Waals surface area contributed by atoms with Gasteiger partial charge >= 0.3 is 5.97 Å². The number of hydrogen-bond donors (Lipinski definition) is 1. The third-order valence-electron chi connectivity index (χ3n) is 3.16. The first-order valence-corrected chi connectivity index (χ1v) is 6.73. The maximum absolute atomic E-state index is 13.0. The highest BCUT2D eigenvalue weighted by Gasteiger charge is 2.13. The van der Waals surface area contributed by atoms with Crippen molar-refractivity contribution in [1.82, 2.24) is 9.97 Å². The predicted octanol–water partition coefficient (Wildman–Crippen LogP) is 3.10. The first kappa shape index (κ1) is 15.4. The smallest absolute Gasteiger partial charge is 0.307 e. The molecule has 0 aliphatic heterocycles. The predicted molar refractivity (Wildman–Crippen MR) is 77.1 cm³/mol. The Labute approximate surface area is 126 Å². The molecule has 2 aromatic rings. The molecule has 1 aromatic carbocycles. The van der Waals surface area contributed by atoms with Crippen molar-refractivity contribution >= 4 is 17.6 Å². The van der Waals surface area contributed by atoms with Gasteiger partial charge in [-0.25, -0.2) is 14.4 Å². The summed E-state index contributed by atoms with van der Waals surface area (Å²) in [5, 5.41) is 9.20. The molecule has 1 heterocycles. The summed E-state index contributed by atoms with van der Waals surface area (Å²) in [6.45, 7) is 3.51. The third-order valence-corrected chi connectivity index (χ3v) is 3.51. The maximum Gasteiger partial charge on any atom is 0.307 e. The van der Waals surface area contributed by atoms with Crippen LogP contribution in [0.5, 0.6) is 0 Å². The lowest BCUT2D eigenvalue weighted by Gasteiger charge is -2.10. The Morgan fingerprint density at radius 2 is 1.90 bits per heavy atom. The molecule has 1 N–H and O–H groups in total. The highest BCUT2D eigenvalue weighted by Crippen LogP contribution is 2.20. The molecule has 110 valence electrons. The van der Waals surface area contributed by atoms with Crippen molar-refractivity contribution in [3.05, 3.63) is 57.4 Å². The van der Waals surface area contributed by atoms with E-state index < -0.39 is 11.8 Å². The molecule has 0 bridgehead atoms. The standard InChI is InChI=1S/C15H14ClFN2O2/c1-8-12(7-15(20)21)9(2)19-14(18-8)5-10-3-4-11(17)6-13(10)16/h3-4,6H,5,7H2,1-2H3,(H,20,21). The summed E-state index contributed by atoms with van der Waals surface area (Å²) in [6, 6.07) is 4.17. The first-order chi connectivity index (χ1) is 9.86. The van der Waals surface area contributed by atoms with Gasteiger partial charge in [0.05, 0.1) is 6.42 Å². The van der Waals surface area contributed by atoms with Crippen LogP contribution >= 0.6 is 11.6 Å². The first-order valence-electron chi connectivity index (χ1n) is 6.35. The van der Waals surface area contributed by atoms with Crippen LogP contribution in [0.1, 0.15) is 28.3 Å². The molecule has 0 spiro atoms. The Morgan fingerprint density at radius 1 is 1.29 bits per heavy atom. The van der Waals surface area contributed by atoms with Crippen molar-refractivity contribution in [1.29, 1.82) is 0 Å². The summed E-state index contributed by atoms with van der Waals surface area (Å²) in [4.78, 5) is 19.5. The number of aryl methyl sites for hydroxylation is 2. The van der Waals surface area contributed by atoms with Crippen LogP contribution in [0, 0.1) is 19.7 Å². The van der Waals surface area contributed by atoms with E-state index >= 15 is 0 Å². The Bertz CT molecular complexity index is 681. The summed E-state index contributed by atoms with van der Waals surface area (Å²) < 4.78 is 13.0. The third kappa shape index (κ3) is 3.76. The lowest BCUT2D eigenvalue weighted by molar-refractivity contribution is -0.136. The van der Waals surface area contributed by atoms with Crippen LogP contribution in [0.3, 0.4) is 0 Å². The van der Waals surface area contributed by atoms with E-state index in [0.717, 1.165) is 5.56 Å². The van der Waals surface area contributed by atoms with E-state index in [1.54, 1.807) is 19.9 Å². The van der Waals surface area contributed by atoms with E-state index in [1.165, 1.54) is 12.1 Å². The second kappa shape index (κ2) is 6.18. The molecule has 2 rings (SSSR count). The van der Waals surface area contributed by atoms with Crippen molar-refractivity contribution in [3.8, 4) is 0 Å². The molecule has 0 aliphatic carbocycles. The number of carboxylic acid groups (broad SMARTS) is 1. The minimum absolute atomic E-state index is 0.102. The van der Waals surface area contributed by atoms with Gasteiger partial charge in [0.2, 0.25) is 0 Å². The zero-order chi connectivity index (χ0) is 15.6. The fraction of sp³-hybridized carbons (Fsp3) is 0.267.